The number of hydrazine groups is 1. The largest absolute Gasteiger partial charge is 0.359 e. The average molecular weight is 474 g/mol. The summed E-state index contributed by atoms with van der Waals surface area (Å²) >= 11 is 0. The molecule has 1 atom stereocenters. The van der Waals surface area contributed by atoms with Crippen LogP contribution in [0.4, 0.5) is 10.1 Å². The lowest BCUT2D eigenvalue weighted by atomic mass is 9.94. The molecule has 0 radical (unpaired) electrons. The van der Waals surface area contributed by atoms with Crippen LogP contribution >= 0.6 is 0 Å². The molecule has 35 heavy (non-hydrogen) atoms. The van der Waals surface area contributed by atoms with E-state index < -0.39 is 0 Å². The third kappa shape index (κ3) is 4.62. The van der Waals surface area contributed by atoms with E-state index in [1.807, 2.05) is 61.1 Å². The Morgan fingerprint density at radius 1 is 1.20 bits per heavy atom. The van der Waals surface area contributed by atoms with Gasteiger partial charge in [0, 0.05) is 42.3 Å². The number of benzene rings is 2. The van der Waals surface area contributed by atoms with Gasteiger partial charge in [0.05, 0.1) is 18.7 Å². The normalized spacial score (nSPS) is 19.2. The number of H-pyrrole nitrogens is 1. The van der Waals surface area contributed by atoms with Crippen LogP contribution in [-0.4, -0.2) is 53.0 Å². The highest BCUT2D eigenvalue weighted by Crippen LogP contribution is 2.40. The van der Waals surface area contributed by atoms with Crippen LogP contribution < -0.4 is 10.7 Å². The quantitative estimate of drug-likeness (QED) is 0.504. The molecular formula is C27H28FN5O2. The maximum atomic E-state index is 14.0. The van der Waals surface area contributed by atoms with Gasteiger partial charge in [0.15, 0.2) is 0 Å². The average Bonchev–Trinajstić information content (AvgIpc) is 3.31. The van der Waals surface area contributed by atoms with Crippen LogP contribution in [0.2, 0.25) is 0 Å². The Labute approximate surface area is 203 Å². The first kappa shape index (κ1) is 23.0. The summed E-state index contributed by atoms with van der Waals surface area (Å²) in [5, 5.41) is 4.83. The first-order valence-electron chi connectivity index (χ1n) is 11.6. The van der Waals surface area contributed by atoms with E-state index in [4.69, 9.17) is 0 Å². The Kier molecular flexibility index (Phi) is 6.00. The minimum atomic E-state index is -0.336. The van der Waals surface area contributed by atoms with Gasteiger partial charge < -0.3 is 15.2 Å². The number of rotatable bonds is 4. The number of aromatic nitrogens is 1. The van der Waals surface area contributed by atoms with Crippen molar-refractivity contribution in [1.29, 1.82) is 0 Å². The van der Waals surface area contributed by atoms with E-state index in [-0.39, 0.29) is 30.1 Å². The summed E-state index contributed by atoms with van der Waals surface area (Å²) in [6, 6.07) is 14.0. The molecule has 0 saturated carbocycles. The first-order valence-corrected chi connectivity index (χ1v) is 11.6. The number of aromatic amines is 1. The number of halogens is 1. The van der Waals surface area contributed by atoms with Crippen molar-refractivity contribution in [3.8, 4) is 11.1 Å². The zero-order valence-corrected chi connectivity index (χ0v) is 20.0. The van der Waals surface area contributed by atoms with Gasteiger partial charge in [0.2, 0.25) is 5.91 Å². The van der Waals surface area contributed by atoms with Crippen molar-refractivity contribution in [3.05, 3.63) is 76.9 Å². The fourth-order valence-electron chi connectivity index (χ4n) is 4.93. The van der Waals surface area contributed by atoms with Crippen LogP contribution in [0.5, 0.6) is 0 Å². The first-order chi connectivity index (χ1) is 16.8. The SMILES string of the molecule is Cc1cc(CC(=O)N2C[C@@H](C)NN(C)C2)c(C=C2C(=O)Nc3cccc(-c4cccc(F)c4)c32)[nH]1. The van der Waals surface area contributed by atoms with E-state index in [9.17, 15) is 14.0 Å². The van der Waals surface area contributed by atoms with Crippen LogP contribution in [0, 0.1) is 12.7 Å². The standard InChI is InChI=1S/C27H28FN5O2/c1-16-10-19(12-25(34)33-14-17(2)31-32(3)15-33)24(29-16)13-22-26-21(18-6-4-7-20(28)11-18)8-5-9-23(26)30-27(22)35/h4-11,13,17,29,31H,12,14-15H2,1-3H3,(H,30,35)/t17-/m1/s1. The molecule has 3 N–H and O–H groups in total. The van der Waals surface area contributed by atoms with E-state index in [1.54, 1.807) is 12.1 Å². The fraction of sp³-hybridized carbons (Fsp3) is 0.259. The van der Waals surface area contributed by atoms with E-state index >= 15 is 0 Å². The van der Waals surface area contributed by atoms with Crippen molar-refractivity contribution in [3.63, 3.8) is 0 Å². The lowest BCUT2D eigenvalue weighted by molar-refractivity contribution is -0.136. The Hall–Kier alpha value is -3.75. The van der Waals surface area contributed by atoms with Gasteiger partial charge in [-0.05, 0) is 60.9 Å². The van der Waals surface area contributed by atoms with Crippen molar-refractivity contribution in [1.82, 2.24) is 20.3 Å². The summed E-state index contributed by atoms with van der Waals surface area (Å²) < 4.78 is 14.0. The van der Waals surface area contributed by atoms with Crippen molar-refractivity contribution in [2.75, 3.05) is 25.6 Å². The number of carbonyl (C=O) groups excluding carboxylic acids is 2. The maximum Gasteiger partial charge on any atom is 0.256 e. The monoisotopic (exact) mass is 473 g/mol. The Morgan fingerprint density at radius 3 is 2.77 bits per heavy atom. The van der Waals surface area contributed by atoms with Crippen LogP contribution in [-0.2, 0) is 16.0 Å². The van der Waals surface area contributed by atoms with Crippen molar-refractivity contribution in [2.45, 2.75) is 26.3 Å². The van der Waals surface area contributed by atoms with Crippen LogP contribution in [0.1, 0.15) is 29.4 Å². The van der Waals surface area contributed by atoms with Gasteiger partial charge in [0.25, 0.3) is 5.91 Å². The van der Waals surface area contributed by atoms with E-state index in [2.05, 4.69) is 15.7 Å². The molecule has 8 heteroatoms. The molecule has 1 saturated heterocycles. The van der Waals surface area contributed by atoms with E-state index in [0.717, 1.165) is 28.1 Å². The number of carbonyl (C=O) groups is 2. The van der Waals surface area contributed by atoms with Crippen LogP contribution in [0.25, 0.3) is 22.8 Å². The fourth-order valence-corrected chi connectivity index (χ4v) is 4.93. The number of anilines is 1. The summed E-state index contributed by atoms with van der Waals surface area (Å²) in [4.78, 5) is 31.2. The Balaban J connectivity index is 1.50. The third-order valence-corrected chi connectivity index (χ3v) is 6.33. The van der Waals surface area contributed by atoms with Gasteiger partial charge in [-0.3, -0.25) is 9.59 Å². The van der Waals surface area contributed by atoms with E-state index in [0.29, 0.717) is 30.0 Å². The summed E-state index contributed by atoms with van der Waals surface area (Å²) in [5.41, 5.74) is 9.09. The highest BCUT2D eigenvalue weighted by Gasteiger charge is 2.29. The van der Waals surface area contributed by atoms with Crippen molar-refractivity contribution >= 4 is 29.2 Å². The molecule has 7 nitrogen and oxygen atoms in total. The molecule has 0 unspecified atom stereocenters. The lowest BCUT2D eigenvalue weighted by Gasteiger charge is -2.37. The molecule has 0 spiro atoms. The van der Waals surface area contributed by atoms with Gasteiger partial charge in [0.1, 0.15) is 5.82 Å². The number of aryl methyl sites for hydroxylation is 1. The number of nitrogens with one attached hydrogen (secondary N) is 3. The Morgan fingerprint density at radius 2 is 2.00 bits per heavy atom. The van der Waals surface area contributed by atoms with Crippen molar-refractivity contribution < 1.29 is 14.0 Å². The van der Waals surface area contributed by atoms with Gasteiger partial charge in [-0.2, -0.15) is 0 Å². The topological polar surface area (TPSA) is 80.5 Å². The molecule has 0 bridgehead atoms. The number of amides is 2. The highest BCUT2D eigenvalue weighted by atomic mass is 19.1. The molecule has 1 fully saturated rings. The number of fused-ring (bicyclic) bond motifs is 1. The molecule has 2 aromatic carbocycles. The minimum Gasteiger partial charge on any atom is -0.359 e. The molecule has 3 heterocycles. The predicted molar refractivity (Wildman–Crippen MR) is 135 cm³/mol. The molecule has 0 aliphatic carbocycles. The number of hydrogen-bond acceptors (Lipinski definition) is 4. The molecule has 5 rings (SSSR count). The van der Waals surface area contributed by atoms with Crippen LogP contribution in [0.3, 0.4) is 0 Å². The maximum absolute atomic E-state index is 14.0. The summed E-state index contributed by atoms with van der Waals surface area (Å²) in [5.74, 6) is -0.539. The van der Waals surface area contributed by atoms with Gasteiger partial charge in [-0.15, -0.1) is 0 Å². The number of nitrogens with zero attached hydrogens (tertiary/aromatic N) is 2. The molecule has 2 aliphatic heterocycles. The second-order valence-corrected chi connectivity index (χ2v) is 9.30. The summed E-state index contributed by atoms with van der Waals surface area (Å²) in [6.45, 7) is 5.11. The van der Waals surface area contributed by atoms with Crippen LogP contribution in [0.15, 0.2) is 48.5 Å². The summed E-state index contributed by atoms with van der Waals surface area (Å²) in [6.07, 6.45) is 2.02. The lowest BCUT2D eigenvalue weighted by Crippen LogP contribution is -2.58. The Bertz CT molecular complexity index is 1340. The molecule has 1 aromatic heterocycles. The van der Waals surface area contributed by atoms with Gasteiger partial charge in [-0.25, -0.2) is 14.8 Å². The third-order valence-electron chi connectivity index (χ3n) is 6.33. The highest BCUT2D eigenvalue weighted by molar-refractivity contribution is 6.36. The van der Waals surface area contributed by atoms with Gasteiger partial charge in [-0.1, -0.05) is 24.3 Å². The smallest absolute Gasteiger partial charge is 0.256 e. The predicted octanol–water partition coefficient (Wildman–Crippen LogP) is 3.79. The number of hydrogen-bond donors (Lipinski definition) is 3. The van der Waals surface area contributed by atoms with E-state index in [1.165, 1.54) is 12.1 Å². The molecule has 3 aromatic rings. The molecule has 2 aliphatic rings. The van der Waals surface area contributed by atoms with Gasteiger partial charge >= 0.3 is 0 Å². The summed E-state index contributed by atoms with van der Waals surface area (Å²) in [7, 11) is 1.92. The molecule has 2 amide bonds. The zero-order chi connectivity index (χ0) is 24.7. The molecule has 180 valence electrons. The van der Waals surface area contributed by atoms with Crippen molar-refractivity contribution in [2.24, 2.45) is 0 Å². The second-order valence-electron chi connectivity index (χ2n) is 9.30. The zero-order valence-electron chi connectivity index (χ0n) is 20.0. The molecular weight excluding hydrogens is 445 g/mol. The second kappa shape index (κ2) is 9.13. The minimum absolute atomic E-state index is 0.0283.